The highest BCUT2D eigenvalue weighted by Gasteiger charge is 2.18. The highest BCUT2D eigenvalue weighted by atomic mass is 32.2. The van der Waals surface area contributed by atoms with Gasteiger partial charge in [-0.1, -0.05) is 25.1 Å². The molecule has 1 aliphatic rings. The van der Waals surface area contributed by atoms with Crippen molar-refractivity contribution in [3.05, 3.63) is 0 Å². The van der Waals surface area contributed by atoms with Crippen LogP contribution in [-0.2, 0) is 9.53 Å². The number of aliphatic imine (C=N–C) groups is 1. The van der Waals surface area contributed by atoms with E-state index in [-0.39, 0.29) is 12.5 Å². The summed E-state index contributed by atoms with van der Waals surface area (Å²) < 4.78 is 4.52. The minimum atomic E-state index is -0.257. The number of rotatable bonds is 4. The van der Waals surface area contributed by atoms with E-state index in [9.17, 15) is 4.79 Å². The third kappa shape index (κ3) is 3.57. The van der Waals surface area contributed by atoms with E-state index in [0.717, 1.165) is 11.7 Å². The molecule has 0 radical (unpaired) electrons. The van der Waals surface area contributed by atoms with E-state index in [0.29, 0.717) is 5.25 Å². The summed E-state index contributed by atoms with van der Waals surface area (Å²) in [5, 5.41) is 4.41. The molecule has 0 amide bonds. The molecule has 0 aromatic rings. The summed E-state index contributed by atoms with van der Waals surface area (Å²) in [4.78, 5) is 15.1. The van der Waals surface area contributed by atoms with Gasteiger partial charge in [0.05, 0.1) is 13.7 Å². The summed E-state index contributed by atoms with van der Waals surface area (Å²) >= 11 is 1.72. The maximum absolute atomic E-state index is 10.8. The second kappa shape index (κ2) is 5.90. The quantitative estimate of drug-likeness (QED) is 0.713. The number of nitrogens with zero attached hydrogens (tertiary/aromatic N) is 1. The van der Waals surface area contributed by atoms with Gasteiger partial charge in [-0.2, -0.15) is 0 Å². The molecule has 0 saturated carbocycles. The third-order valence-electron chi connectivity index (χ3n) is 1.94. The second-order valence-electron chi connectivity index (χ2n) is 3.10. The maximum Gasteiger partial charge on any atom is 0.325 e. The van der Waals surface area contributed by atoms with E-state index < -0.39 is 0 Å². The number of carbonyl (C=O) groups excluding carboxylic acids is 1. The average Bonchev–Trinajstić information content (AvgIpc) is 2.63. The summed E-state index contributed by atoms with van der Waals surface area (Å²) in [6, 6.07) is 0. The lowest BCUT2D eigenvalue weighted by atomic mass is 10.2. The standard InChI is InChI=1S/C9H16N2O2S/c1-3-4-7-5-10-9(14-7)11-6-8(12)13-2/h7H,3-6H2,1-2H3,(H,10,11). The molecule has 1 unspecified atom stereocenters. The molecule has 1 atom stereocenters. The van der Waals surface area contributed by atoms with Gasteiger partial charge >= 0.3 is 5.97 Å². The number of nitrogens with one attached hydrogen (secondary N) is 1. The first kappa shape index (κ1) is 11.4. The predicted octanol–water partition coefficient (Wildman–Crippen LogP) is 1.02. The monoisotopic (exact) mass is 216 g/mol. The number of esters is 1. The summed E-state index contributed by atoms with van der Waals surface area (Å²) in [6.07, 6.45) is 2.36. The van der Waals surface area contributed by atoms with E-state index >= 15 is 0 Å². The molecule has 0 aromatic carbocycles. The lowest BCUT2D eigenvalue weighted by molar-refractivity contribution is -0.139. The van der Waals surface area contributed by atoms with Crippen molar-refractivity contribution in [3.8, 4) is 0 Å². The van der Waals surface area contributed by atoms with Crippen LogP contribution in [0.1, 0.15) is 19.8 Å². The molecular formula is C9H16N2O2S. The predicted molar refractivity (Wildman–Crippen MR) is 58.6 cm³/mol. The van der Waals surface area contributed by atoms with Crippen LogP contribution in [0.5, 0.6) is 0 Å². The zero-order valence-corrected chi connectivity index (χ0v) is 9.39. The lowest BCUT2D eigenvalue weighted by Gasteiger charge is -2.06. The van der Waals surface area contributed by atoms with Crippen molar-refractivity contribution in [2.24, 2.45) is 4.99 Å². The molecule has 14 heavy (non-hydrogen) atoms. The van der Waals surface area contributed by atoms with Crippen molar-refractivity contribution in [3.63, 3.8) is 0 Å². The van der Waals surface area contributed by atoms with Crippen LogP contribution in [0, 0.1) is 0 Å². The normalized spacial score (nSPS) is 20.4. The summed E-state index contributed by atoms with van der Waals surface area (Å²) in [5.74, 6) is -0.257. The van der Waals surface area contributed by atoms with Gasteiger partial charge in [-0.05, 0) is 6.42 Å². The number of hydrogen-bond acceptors (Lipinski definition) is 5. The highest BCUT2D eigenvalue weighted by molar-refractivity contribution is 8.14. The Morgan fingerprint density at radius 1 is 1.79 bits per heavy atom. The molecule has 4 nitrogen and oxygen atoms in total. The molecule has 0 aliphatic carbocycles. The molecule has 0 saturated heterocycles. The van der Waals surface area contributed by atoms with Crippen molar-refractivity contribution in [1.29, 1.82) is 0 Å². The van der Waals surface area contributed by atoms with Crippen LogP contribution in [0.15, 0.2) is 4.99 Å². The molecule has 1 heterocycles. The number of carbonyl (C=O) groups is 1. The first-order chi connectivity index (χ1) is 6.76. The molecule has 1 N–H and O–H groups in total. The van der Waals surface area contributed by atoms with Crippen LogP contribution in [0.2, 0.25) is 0 Å². The molecule has 0 fully saturated rings. The van der Waals surface area contributed by atoms with Crippen molar-refractivity contribution >= 4 is 22.9 Å². The molecule has 80 valence electrons. The van der Waals surface area contributed by atoms with E-state index in [1.165, 1.54) is 20.0 Å². The van der Waals surface area contributed by atoms with Crippen LogP contribution in [-0.4, -0.2) is 36.6 Å². The molecule has 1 rings (SSSR count). The van der Waals surface area contributed by atoms with Crippen molar-refractivity contribution in [2.75, 3.05) is 20.2 Å². The Kier molecular flexibility index (Phi) is 4.79. The van der Waals surface area contributed by atoms with Gasteiger partial charge in [0.15, 0.2) is 5.17 Å². The zero-order valence-electron chi connectivity index (χ0n) is 8.58. The minimum Gasteiger partial charge on any atom is -0.468 e. The Hall–Kier alpha value is -0.710. The summed E-state index contributed by atoms with van der Waals surface area (Å²) in [5.41, 5.74) is 0. The van der Waals surface area contributed by atoms with Gasteiger partial charge in [-0.25, -0.2) is 0 Å². The fraction of sp³-hybridized carbons (Fsp3) is 0.778. The van der Waals surface area contributed by atoms with Gasteiger partial charge in [-0.3, -0.25) is 9.79 Å². The van der Waals surface area contributed by atoms with Gasteiger partial charge < -0.3 is 10.1 Å². The smallest absolute Gasteiger partial charge is 0.325 e. The second-order valence-corrected chi connectivity index (χ2v) is 4.39. The Morgan fingerprint density at radius 3 is 3.21 bits per heavy atom. The maximum atomic E-state index is 10.8. The molecule has 1 aliphatic heterocycles. The zero-order chi connectivity index (χ0) is 10.4. The highest BCUT2D eigenvalue weighted by Crippen LogP contribution is 2.23. The SMILES string of the molecule is CCCC1CN=C(NCC(=O)OC)S1. The van der Waals surface area contributed by atoms with Crippen LogP contribution in [0.3, 0.4) is 0 Å². The number of amidine groups is 1. The Morgan fingerprint density at radius 2 is 2.57 bits per heavy atom. The Bertz CT molecular complexity index is 231. The van der Waals surface area contributed by atoms with E-state index in [2.05, 4.69) is 22.0 Å². The Balaban J connectivity index is 2.18. The number of thioether (sulfide) groups is 1. The van der Waals surface area contributed by atoms with E-state index in [4.69, 9.17) is 0 Å². The third-order valence-corrected chi connectivity index (χ3v) is 3.15. The molecular weight excluding hydrogens is 200 g/mol. The van der Waals surface area contributed by atoms with Crippen molar-refractivity contribution in [1.82, 2.24) is 5.32 Å². The number of hydrogen-bond donors (Lipinski definition) is 1. The van der Waals surface area contributed by atoms with E-state index in [1.807, 2.05) is 0 Å². The fourth-order valence-electron chi connectivity index (χ4n) is 1.21. The lowest BCUT2D eigenvalue weighted by Crippen LogP contribution is -2.27. The molecule has 0 bridgehead atoms. The molecule has 0 aromatic heterocycles. The van der Waals surface area contributed by atoms with Gasteiger partial charge in [-0.15, -0.1) is 0 Å². The summed E-state index contributed by atoms with van der Waals surface area (Å²) in [6.45, 7) is 3.24. The van der Waals surface area contributed by atoms with Gasteiger partial charge in [0.2, 0.25) is 0 Å². The first-order valence-electron chi connectivity index (χ1n) is 4.78. The van der Waals surface area contributed by atoms with Crippen LogP contribution in [0.25, 0.3) is 0 Å². The number of ether oxygens (including phenoxy) is 1. The van der Waals surface area contributed by atoms with Gasteiger partial charge in [0, 0.05) is 5.25 Å². The number of methoxy groups -OCH3 is 1. The Labute approximate surface area is 88.5 Å². The van der Waals surface area contributed by atoms with Crippen molar-refractivity contribution in [2.45, 2.75) is 25.0 Å². The van der Waals surface area contributed by atoms with Gasteiger partial charge in [0.25, 0.3) is 0 Å². The largest absolute Gasteiger partial charge is 0.468 e. The van der Waals surface area contributed by atoms with Crippen LogP contribution >= 0.6 is 11.8 Å². The van der Waals surface area contributed by atoms with Crippen LogP contribution < -0.4 is 5.32 Å². The minimum absolute atomic E-state index is 0.210. The van der Waals surface area contributed by atoms with Crippen LogP contribution in [0.4, 0.5) is 0 Å². The molecule has 5 heteroatoms. The summed E-state index contributed by atoms with van der Waals surface area (Å²) in [7, 11) is 1.38. The topological polar surface area (TPSA) is 50.7 Å². The van der Waals surface area contributed by atoms with Crippen molar-refractivity contribution < 1.29 is 9.53 Å². The van der Waals surface area contributed by atoms with Gasteiger partial charge in [0.1, 0.15) is 6.54 Å². The first-order valence-corrected chi connectivity index (χ1v) is 5.66. The average molecular weight is 216 g/mol. The van der Waals surface area contributed by atoms with E-state index in [1.54, 1.807) is 11.8 Å². The molecule has 0 spiro atoms. The fourth-order valence-corrected chi connectivity index (χ4v) is 2.33.